The number of hydrogen-bond acceptors (Lipinski definition) is 3. The molecule has 1 aliphatic rings. The van der Waals surface area contributed by atoms with Crippen LogP contribution in [0.15, 0.2) is 29.6 Å². The van der Waals surface area contributed by atoms with Crippen LogP contribution in [0.25, 0.3) is 10.1 Å². The number of thiophene rings is 1. The van der Waals surface area contributed by atoms with Gasteiger partial charge in [-0.1, -0.05) is 20.8 Å². The Kier molecular flexibility index (Phi) is 4.23. The SMILES string of the molecule is CCC1CNC(CC)(CC)CN1c1ccc2sccc2c1. The smallest absolute Gasteiger partial charge is 0.0412 e. The van der Waals surface area contributed by atoms with Gasteiger partial charge >= 0.3 is 0 Å². The molecule has 1 aromatic carbocycles. The predicted molar refractivity (Wildman–Crippen MR) is 94.6 cm³/mol. The molecule has 0 spiro atoms. The van der Waals surface area contributed by atoms with E-state index >= 15 is 0 Å². The zero-order valence-electron chi connectivity index (χ0n) is 13.4. The Balaban J connectivity index is 1.95. The maximum Gasteiger partial charge on any atom is 0.0412 e. The molecular formula is C18H26N2S. The maximum absolute atomic E-state index is 3.83. The number of piperazine rings is 1. The van der Waals surface area contributed by atoms with E-state index in [1.807, 2.05) is 11.3 Å². The Hall–Kier alpha value is -1.06. The van der Waals surface area contributed by atoms with Crippen molar-refractivity contribution in [2.75, 3.05) is 18.0 Å². The Morgan fingerprint density at radius 1 is 1.24 bits per heavy atom. The van der Waals surface area contributed by atoms with Crippen LogP contribution in [-0.2, 0) is 0 Å². The van der Waals surface area contributed by atoms with E-state index in [4.69, 9.17) is 0 Å². The van der Waals surface area contributed by atoms with Crippen molar-refractivity contribution in [1.82, 2.24) is 5.32 Å². The lowest BCUT2D eigenvalue weighted by Crippen LogP contribution is -2.64. The molecule has 0 saturated carbocycles. The Morgan fingerprint density at radius 3 is 2.76 bits per heavy atom. The maximum atomic E-state index is 3.83. The van der Waals surface area contributed by atoms with Gasteiger partial charge in [0.2, 0.25) is 0 Å². The molecule has 1 saturated heterocycles. The van der Waals surface area contributed by atoms with Gasteiger partial charge in [-0.2, -0.15) is 0 Å². The van der Waals surface area contributed by atoms with Gasteiger partial charge in [0.25, 0.3) is 0 Å². The molecule has 0 bridgehead atoms. The summed E-state index contributed by atoms with van der Waals surface area (Å²) in [5, 5.41) is 7.39. The summed E-state index contributed by atoms with van der Waals surface area (Å²) in [7, 11) is 0. The van der Waals surface area contributed by atoms with Crippen LogP contribution in [0.1, 0.15) is 40.0 Å². The summed E-state index contributed by atoms with van der Waals surface area (Å²) in [4.78, 5) is 2.64. The van der Waals surface area contributed by atoms with Crippen molar-refractivity contribution in [3.05, 3.63) is 29.6 Å². The fourth-order valence-electron chi connectivity index (χ4n) is 3.48. The molecule has 3 heteroatoms. The van der Waals surface area contributed by atoms with Gasteiger partial charge in [-0.25, -0.2) is 0 Å². The third-order valence-corrected chi connectivity index (χ3v) is 6.12. The molecule has 21 heavy (non-hydrogen) atoms. The van der Waals surface area contributed by atoms with Crippen LogP contribution < -0.4 is 10.2 Å². The van der Waals surface area contributed by atoms with Crippen molar-refractivity contribution < 1.29 is 0 Å². The molecule has 0 amide bonds. The van der Waals surface area contributed by atoms with Gasteiger partial charge in [0.05, 0.1) is 0 Å². The lowest BCUT2D eigenvalue weighted by atomic mass is 9.87. The van der Waals surface area contributed by atoms with Crippen LogP contribution in [0.3, 0.4) is 0 Å². The molecule has 2 nitrogen and oxygen atoms in total. The van der Waals surface area contributed by atoms with Crippen molar-refractivity contribution in [1.29, 1.82) is 0 Å². The summed E-state index contributed by atoms with van der Waals surface area (Å²) in [5.41, 5.74) is 1.66. The van der Waals surface area contributed by atoms with E-state index in [1.165, 1.54) is 35.0 Å². The van der Waals surface area contributed by atoms with Crippen LogP contribution in [0.2, 0.25) is 0 Å². The average molecular weight is 302 g/mol. The fourth-order valence-corrected chi connectivity index (χ4v) is 4.25. The molecule has 1 unspecified atom stereocenters. The molecule has 0 radical (unpaired) electrons. The molecule has 1 aromatic heterocycles. The minimum atomic E-state index is 0.273. The Labute approximate surface area is 132 Å². The van der Waals surface area contributed by atoms with Gasteiger partial charge in [0.15, 0.2) is 0 Å². The van der Waals surface area contributed by atoms with E-state index in [0.29, 0.717) is 6.04 Å². The van der Waals surface area contributed by atoms with Crippen molar-refractivity contribution in [2.45, 2.75) is 51.6 Å². The summed E-state index contributed by atoms with van der Waals surface area (Å²) in [6, 6.07) is 9.80. The molecular weight excluding hydrogens is 276 g/mol. The molecule has 2 aromatic rings. The van der Waals surface area contributed by atoms with E-state index in [0.717, 1.165) is 13.1 Å². The predicted octanol–water partition coefficient (Wildman–Crippen LogP) is 4.65. The molecule has 3 rings (SSSR count). The second-order valence-electron chi connectivity index (χ2n) is 6.20. The van der Waals surface area contributed by atoms with Crippen molar-refractivity contribution in [3.63, 3.8) is 0 Å². The molecule has 1 N–H and O–H groups in total. The van der Waals surface area contributed by atoms with Gasteiger partial charge < -0.3 is 10.2 Å². The van der Waals surface area contributed by atoms with Gasteiger partial charge in [-0.15, -0.1) is 11.3 Å². The standard InChI is InChI=1S/C18H26N2S/c1-4-15-12-19-18(5-2,6-3)13-20(15)16-7-8-17-14(11-16)9-10-21-17/h7-11,15,19H,4-6,12-13H2,1-3H3. The van der Waals surface area contributed by atoms with Crippen molar-refractivity contribution in [3.8, 4) is 0 Å². The second kappa shape index (κ2) is 5.98. The quantitative estimate of drug-likeness (QED) is 0.884. The van der Waals surface area contributed by atoms with Crippen LogP contribution in [0, 0.1) is 0 Å². The van der Waals surface area contributed by atoms with Crippen LogP contribution in [0.4, 0.5) is 5.69 Å². The number of nitrogens with zero attached hydrogens (tertiary/aromatic N) is 1. The average Bonchev–Trinajstić information content (AvgIpc) is 3.01. The second-order valence-corrected chi connectivity index (χ2v) is 7.15. The van der Waals surface area contributed by atoms with E-state index in [9.17, 15) is 0 Å². The molecule has 2 heterocycles. The minimum Gasteiger partial charge on any atom is -0.365 e. The number of fused-ring (bicyclic) bond motifs is 1. The zero-order valence-corrected chi connectivity index (χ0v) is 14.2. The Morgan fingerprint density at radius 2 is 2.05 bits per heavy atom. The lowest BCUT2D eigenvalue weighted by molar-refractivity contribution is 0.246. The number of anilines is 1. The molecule has 1 aliphatic heterocycles. The highest BCUT2D eigenvalue weighted by Crippen LogP contribution is 2.32. The largest absolute Gasteiger partial charge is 0.365 e. The van der Waals surface area contributed by atoms with Crippen LogP contribution in [-0.4, -0.2) is 24.7 Å². The van der Waals surface area contributed by atoms with Crippen molar-refractivity contribution in [2.24, 2.45) is 0 Å². The third-order valence-electron chi connectivity index (χ3n) is 5.22. The summed E-state index contributed by atoms with van der Waals surface area (Å²) in [6.07, 6.45) is 3.58. The summed E-state index contributed by atoms with van der Waals surface area (Å²) >= 11 is 1.83. The number of rotatable bonds is 4. The highest BCUT2D eigenvalue weighted by atomic mass is 32.1. The van der Waals surface area contributed by atoms with Gasteiger partial charge in [0, 0.05) is 35.1 Å². The summed E-state index contributed by atoms with van der Waals surface area (Å²) in [5.74, 6) is 0. The lowest BCUT2D eigenvalue weighted by Gasteiger charge is -2.48. The van der Waals surface area contributed by atoms with Gasteiger partial charge in [-0.05, 0) is 54.3 Å². The van der Waals surface area contributed by atoms with E-state index < -0.39 is 0 Å². The number of nitrogens with one attached hydrogen (secondary N) is 1. The Bertz CT molecular complexity index is 600. The normalized spacial score (nSPS) is 21.9. The van der Waals surface area contributed by atoms with Gasteiger partial charge in [0.1, 0.15) is 0 Å². The topological polar surface area (TPSA) is 15.3 Å². The van der Waals surface area contributed by atoms with Crippen molar-refractivity contribution >= 4 is 27.1 Å². The first kappa shape index (κ1) is 14.9. The highest BCUT2D eigenvalue weighted by molar-refractivity contribution is 7.17. The molecule has 1 fully saturated rings. The third kappa shape index (κ3) is 2.69. The first-order valence-corrected chi connectivity index (χ1v) is 9.08. The van der Waals surface area contributed by atoms with E-state index in [-0.39, 0.29) is 5.54 Å². The van der Waals surface area contributed by atoms with E-state index in [1.54, 1.807) is 0 Å². The van der Waals surface area contributed by atoms with Gasteiger partial charge in [-0.3, -0.25) is 0 Å². The number of benzene rings is 1. The molecule has 0 aliphatic carbocycles. The number of hydrogen-bond donors (Lipinski definition) is 1. The van der Waals surface area contributed by atoms with Crippen LogP contribution >= 0.6 is 11.3 Å². The van der Waals surface area contributed by atoms with E-state index in [2.05, 4.69) is 60.6 Å². The minimum absolute atomic E-state index is 0.273. The van der Waals surface area contributed by atoms with Crippen LogP contribution in [0.5, 0.6) is 0 Å². The molecule has 114 valence electrons. The molecule has 1 atom stereocenters. The first-order valence-electron chi connectivity index (χ1n) is 8.20. The monoisotopic (exact) mass is 302 g/mol. The fraction of sp³-hybridized carbons (Fsp3) is 0.556. The summed E-state index contributed by atoms with van der Waals surface area (Å²) < 4.78 is 1.39. The summed E-state index contributed by atoms with van der Waals surface area (Å²) in [6.45, 7) is 9.13. The zero-order chi connectivity index (χ0) is 14.9. The highest BCUT2D eigenvalue weighted by Gasteiger charge is 2.36. The first-order chi connectivity index (χ1) is 10.2.